The molecule has 2 heterocycles. The average Bonchev–Trinajstić information content (AvgIpc) is 3.22. The average molecular weight is 322 g/mol. The van der Waals surface area contributed by atoms with E-state index in [9.17, 15) is 0 Å². The summed E-state index contributed by atoms with van der Waals surface area (Å²) < 4.78 is 2.29. The van der Waals surface area contributed by atoms with Crippen molar-refractivity contribution in [1.82, 2.24) is 25.0 Å². The second-order valence-electron chi connectivity index (χ2n) is 6.81. The first-order valence-electron chi connectivity index (χ1n) is 7.99. The van der Waals surface area contributed by atoms with Crippen molar-refractivity contribution in [3.05, 3.63) is 11.6 Å². The predicted octanol–water partition coefficient (Wildman–Crippen LogP) is 1.56. The molecule has 0 spiro atoms. The summed E-state index contributed by atoms with van der Waals surface area (Å²) in [5.74, 6) is 4.04. The van der Waals surface area contributed by atoms with E-state index in [2.05, 4.69) is 34.3 Å². The molecule has 1 aliphatic carbocycles. The van der Waals surface area contributed by atoms with Crippen molar-refractivity contribution in [2.45, 2.75) is 50.9 Å². The predicted molar refractivity (Wildman–Crippen MR) is 91.1 cm³/mol. The lowest BCUT2D eigenvalue weighted by Crippen LogP contribution is -2.51. The van der Waals surface area contributed by atoms with Crippen molar-refractivity contribution < 1.29 is 0 Å². The van der Waals surface area contributed by atoms with Crippen LogP contribution in [-0.2, 0) is 13.6 Å². The molecule has 1 saturated heterocycles. The number of hydrogen-bond donors (Lipinski definition) is 1. The highest BCUT2D eigenvalue weighted by atomic mass is 32.2. The Morgan fingerprint density at radius 1 is 1.41 bits per heavy atom. The minimum atomic E-state index is 0.283. The Hall–Kier alpha value is -1.24. The van der Waals surface area contributed by atoms with E-state index in [1.165, 1.54) is 12.8 Å². The van der Waals surface area contributed by atoms with Gasteiger partial charge in [-0.1, -0.05) is 0 Å². The molecule has 1 saturated carbocycles. The second kappa shape index (κ2) is 6.10. The van der Waals surface area contributed by atoms with Crippen LogP contribution in [0.5, 0.6) is 0 Å². The monoisotopic (exact) mass is 322 g/mol. The van der Waals surface area contributed by atoms with Gasteiger partial charge in [0.2, 0.25) is 0 Å². The van der Waals surface area contributed by atoms with E-state index >= 15 is 0 Å². The minimum absolute atomic E-state index is 0.283. The molecule has 0 bridgehead atoms. The molecule has 1 N–H and O–H groups in total. The van der Waals surface area contributed by atoms with E-state index in [0.29, 0.717) is 12.6 Å². The lowest BCUT2D eigenvalue weighted by atomic mass is 10.2. The van der Waals surface area contributed by atoms with E-state index in [-0.39, 0.29) is 4.75 Å². The number of aryl methyl sites for hydroxylation is 1. The maximum Gasteiger partial charge on any atom is 0.194 e. The number of guanidine groups is 1. The molecule has 122 valence electrons. The lowest BCUT2D eigenvalue weighted by Gasteiger charge is -2.39. The van der Waals surface area contributed by atoms with Gasteiger partial charge in [-0.2, -0.15) is 11.8 Å². The van der Waals surface area contributed by atoms with Crippen LogP contribution in [0.4, 0.5) is 0 Å². The molecule has 22 heavy (non-hydrogen) atoms. The van der Waals surface area contributed by atoms with Crippen LogP contribution in [0.1, 0.15) is 38.3 Å². The molecule has 1 aromatic heterocycles. The lowest BCUT2D eigenvalue weighted by molar-refractivity contribution is 0.374. The van der Waals surface area contributed by atoms with Gasteiger partial charge in [0.15, 0.2) is 11.8 Å². The third-order valence-electron chi connectivity index (χ3n) is 4.19. The van der Waals surface area contributed by atoms with Gasteiger partial charge >= 0.3 is 0 Å². The molecule has 1 aliphatic heterocycles. The fourth-order valence-corrected chi connectivity index (χ4v) is 3.69. The smallest absolute Gasteiger partial charge is 0.194 e. The topological polar surface area (TPSA) is 58.3 Å². The van der Waals surface area contributed by atoms with Crippen molar-refractivity contribution >= 4 is 17.7 Å². The highest BCUT2D eigenvalue weighted by Gasteiger charge is 2.31. The Morgan fingerprint density at radius 3 is 2.77 bits per heavy atom. The zero-order chi connectivity index (χ0) is 15.7. The van der Waals surface area contributed by atoms with E-state index in [4.69, 9.17) is 4.99 Å². The van der Waals surface area contributed by atoms with Crippen molar-refractivity contribution in [2.24, 2.45) is 12.0 Å². The summed E-state index contributed by atoms with van der Waals surface area (Å²) in [6.45, 7) is 9.26. The Kier molecular flexibility index (Phi) is 4.34. The fourth-order valence-electron chi connectivity index (χ4n) is 2.58. The van der Waals surface area contributed by atoms with Crippen LogP contribution in [0.25, 0.3) is 0 Å². The highest BCUT2D eigenvalue weighted by Crippen LogP contribution is 2.30. The summed E-state index contributed by atoms with van der Waals surface area (Å²) in [5, 5.41) is 11.9. The Morgan fingerprint density at radius 2 is 2.18 bits per heavy atom. The first-order valence-corrected chi connectivity index (χ1v) is 8.98. The van der Waals surface area contributed by atoms with Crippen LogP contribution in [0.15, 0.2) is 4.99 Å². The largest absolute Gasteiger partial charge is 0.353 e. The van der Waals surface area contributed by atoms with Gasteiger partial charge in [0.25, 0.3) is 0 Å². The van der Waals surface area contributed by atoms with Gasteiger partial charge < -0.3 is 14.8 Å². The molecule has 0 atom stereocenters. The molecular weight excluding hydrogens is 296 g/mol. The van der Waals surface area contributed by atoms with Crippen LogP contribution in [0.3, 0.4) is 0 Å². The molecule has 6 nitrogen and oxygen atoms in total. The molecule has 0 radical (unpaired) electrons. The van der Waals surface area contributed by atoms with Gasteiger partial charge in [-0.25, -0.2) is 4.99 Å². The van der Waals surface area contributed by atoms with E-state index < -0.39 is 0 Å². The van der Waals surface area contributed by atoms with Crippen molar-refractivity contribution in [3.63, 3.8) is 0 Å². The molecule has 0 amide bonds. The Bertz CT molecular complexity index is 560. The van der Waals surface area contributed by atoms with Crippen LogP contribution in [0, 0.1) is 6.92 Å². The molecule has 2 aliphatic rings. The summed E-state index contributed by atoms with van der Waals surface area (Å²) in [6.07, 6.45) is 2.52. The number of nitrogens with one attached hydrogen (secondary N) is 1. The van der Waals surface area contributed by atoms with E-state index in [0.717, 1.165) is 36.5 Å². The number of nitrogens with zero attached hydrogens (tertiary/aromatic N) is 5. The van der Waals surface area contributed by atoms with Crippen LogP contribution in [-0.4, -0.2) is 55.3 Å². The molecule has 7 heteroatoms. The summed E-state index contributed by atoms with van der Waals surface area (Å²) in [5.41, 5.74) is 0. The number of aromatic nitrogens is 3. The summed E-state index contributed by atoms with van der Waals surface area (Å²) >= 11 is 2.05. The van der Waals surface area contributed by atoms with Gasteiger partial charge in [0.05, 0.1) is 0 Å². The van der Waals surface area contributed by atoms with Gasteiger partial charge in [0, 0.05) is 36.7 Å². The zero-order valence-electron chi connectivity index (χ0n) is 14.0. The zero-order valence-corrected chi connectivity index (χ0v) is 14.8. The van der Waals surface area contributed by atoms with Crippen LogP contribution >= 0.6 is 11.8 Å². The quantitative estimate of drug-likeness (QED) is 0.676. The fraction of sp³-hybridized carbons (Fsp3) is 0.800. The van der Waals surface area contributed by atoms with Crippen LogP contribution in [0.2, 0.25) is 0 Å². The first-order chi connectivity index (χ1) is 10.4. The number of hydrogen-bond acceptors (Lipinski definition) is 4. The molecular formula is C15H26N6S. The summed E-state index contributed by atoms with van der Waals surface area (Å²) in [4.78, 5) is 7.24. The van der Waals surface area contributed by atoms with Crippen molar-refractivity contribution in [2.75, 3.05) is 18.8 Å². The van der Waals surface area contributed by atoms with Gasteiger partial charge in [-0.05, 0) is 33.6 Å². The minimum Gasteiger partial charge on any atom is -0.353 e. The second-order valence-corrected chi connectivity index (χ2v) is 8.61. The Balaban J connectivity index is 1.73. The molecule has 1 aromatic rings. The SMILES string of the molecule is Cc1nnc(CN=C(NC2CC2)N2CCSC(C)(C)C2)n1C. The number of aliphatic imine (C=N–C) groups is 1. The van der Waals surface area contributed by atoms with Crippen molar-refractivity contribution in [3.8, 4) is 0 Å². The molecule has 0 aromatic carbocycles. The standard InChI is InChI=1S/C15H26N6S/c1-11-18-19-13(20(11)4)9-16-14(17-12-5-6-12)21-7-8-22-15(2,3)10-21/h12H,5-10H2,1-4H3,(H,16,17). The third kappa shape index (κ3) is 3.74. The van der Waals surface area contributed by atoms with Crippen LogP contribution < -0.4 is 5.32 Å². The Labute approximate surface area is 136 Å². The normalized spacial score (nSPS) is 22.0. The molecule has 0 unspecified atom stereocenters. The van der Waals surface area contributed by atoms with Gasteiger partial charge in [0.1, 0.15) is 12.4 Å². The molecule has 2 fully saturated rings. The summed E-state index contributed by atoms with van der Waals surface area (Å²) in [6, 6.07) is 0.609. The first kappa shape index (κ1) is 15.6. The maximum atomic E-state index is 4.84. The van der Waals surface area contributed by atoms with E-state index in [1.807, 2.05) is 30.3 Å². The van der Waals surface area contributed by atoms with Gasteiger partial charge in [-0.3, -0.25) is 0 Å². The third-order valence-corrected chi connectivity index (χ3v) is 5.49. The molecule has 3 rings (SSSR count). The highest BCUT2D eigenvalue weighted by molar-refractivity contribution is 8.00. The summed E-state index contributed by atoms with van der Waals surface area (Å²) in [7, 11) is 1.99. The van der Waals surface area contributed by atoms with E-state index in [1.54, 1.807) is 0 Å². The maximum absolute atomic E-state index is 4.84. The number of thioether (sulfide) groups is 1. The van der Waals surface area contributed by atoms with Crippen molar-refractivity contribution in [1.29, 1.82) is 0 Å². The van der Waals surface area contributed by atoms with Gasteiger partial charge in [-0.15, -0.1) is 10.2 Å². The number of rotatable bonds is 3.